The summed E-state index contributed by atoms with van der Waals surface area (Å²) in [5, 5.41) is 0.858. The first-order chi connectivity index (χ1) is 14.5. The number of imidazole rings is 1. The van der Waals surface area contributed by atoms with Crippen molar-refractivity contribution < 1.29 is 4.79 Å². The number of carbonyl (C=O) groups is 1. The van der Waals surface area contributed by atoms with Gasteiger partial charge in [0.25, 0.3) is 5.91 Å². The van der Waals surface area contributed by atoms with Crippen LogP contribution in [0.4, 0.5) is 0 Å². The molecule has 0 spiro atoms. The average molecular weight is 400 g/mol. The molecule has 1 aromatic carbocycles. The summed E-state index contributed by atoms with van der Waals surface area (Å²) in [6, 6.07) is 5.96. The Hall–Kier alpha value is -3.61. The molecule has 0 atom stereocenters. The van der Waals surface area contributed by atoms with Crippen LogP contribution in [0.5, 0.6) is 0 Å². The number of nitrogens with zero attached hydrogens (tertiary/aromatic N) is 6. The highest BCUT2D eigenvalue weighted by Crippen LogP contribution is 2.28. The van der Waals surface area contributed by atoms with Gasteiger partial charge >= 0.3 is 0 Å². The minimum atomic E-state index is -0.0454. The predicted molar refractivity (Wildman–Crippen MR) is 116 cm³/mol. The van der Waals surface area contributed by atoms with E-state index in [0.29, 0.717) is 24.3 Å². The largest absolute Gasteiger partial charge is 0.337 e. The standard InChI is InChI=1S/C23H24N6O/c1-5-29(13-21-26-6-7-28(21)4)23(30)19-10-20(17-11-24-14-25-12-17)27-22-16(3)8-15(2)9-18(19)22/h6-12,14H,5,13H2,1-4H3. The monoisotopic (exact) mass is 400 g/mol. The van der Waals surface area contributed by atoms with Crippen LogP contribution in [-0.2, 0) is 13.6 Å². The molecule has 0 bridgehead atoms. The number of hydrogen-bond donors (Lipinski definition) is 0. The van der Waals surface area contributed by atoms with Gasteiger partial charge in [0, 0.05) is 49.3 Å². The molecule has 7 heteroatoms. The third kappa shape index (κ3) is 3.66. The van der Waals surface area contributed by atoms with Gasteiger partial charge in [-0.05, 0) is 38.5 Å². The lowest BCUT2D eigenvalue weighted by atomic mass is 9.99. The van der Waals surface area contributed by atoms with E-state index in [4.69, 9.17) is 4.98 Å². The van der Waals surface area contributed by atoms with E-state index in [0.717, 1.165) is 33.4 Å². The number of benzene rings is 1. The molecule has 0 saturated heterocycles. The summed E-state index contributed by atoms with van der Waals surface area (Å²) in [6.07, 6.45) is 8.54. The van der Waals surface area contributed by atoms with Crippen LogP contribution in [0.15, 0.2) is 49.3 Å². The molecule has 0 aliphatic carbocycles. The van der Waals surface area contributed by atoms with Crippen LogP contribution in [0, 0.1) is 13.8 Å². The molecule has 1 amide bonds. The molecule has 3 heterocycles. The molecule has 0 N–H and O–H groups in total. The van der Waals surface area contributed by atoms with Crippen molar-refractivity contribution in [3.63, 3.8) is 0 Å². The van der Waals surface area contributed by atoms with Crippen molar-refractivity contribution in [3.05, 3.63) is 71.8 Å². The van der Waals surface area contributed by atoms with Crippen LogP contribution >= 0.6 is 0 Å². The first kappa shape index (κ1) is 19.7. The summed E-state index contributed by atoms with van der Waals surface area (Å²) in [5.41, 5.74) is 5.04. The van der Waals surface area contributed by atoms with Crippen LogP contribution in [-0.4, -0.2) is 41.9 Å². The van der Waals surface area contributed by atoms with Gasteiger partial charge in [-0.25, -0.2) is 19.9 Å². The number of amides is 1. The van der Waals surface area contributed by atoms with Gasteiger partial charge in [0.05, 0.1) is 23.3 Å². The number of aryl methyl sites for hydroxylation is 3. The van der Waals surface area contributed by atoms with Crippen molar-refractivity contribution in [2.75, 3.05) is 6.54 Å². The SMILES string of the molecule is CCN(Cc1nccn1C)C(=O)c1cc(-c2cncnc2)nc2c(C)cc(C)cc12. The molecule has 4 rings (SSSR count). The second-order valence-electron chi connectivity index (χ2n) is 7.43. The van der Waals surface area contributed by atoms with Gasteiger partial charge in [-0.2, -0.15) is 0 Å². The summed E-state index contributed by atoms with van der Waals surface area (Å²) in [5.74, 6) is 0.795. The fourth-order valence-corrected chi connectivity index (χ4v) is 3.65. The molecule has 152 valence electrons. The Kier molecular flexibility index (Phi) is 5.27. The molecule has 0 aliphatic rings. The maximum atomic E-state index is 13.7. The highest BCUT2D eigenvalue weighted by Gasteiger charge is 2.21. The molecular formula is C23H24N6O. The van der Waals surface area contributed by atoms with E-state index in [1.165, 1.54) is 6.33 Å². The van der Waals surface area contributed by atoms with Crippen molar-refractivity contribution in [2.45, 2.75) is 27.3 Å². The fourth-order valence-electron chi connectivity index (χ4n) is 3.65. The molecule has 3 aromatic heterocycles. The molecular weight excluding hydrogens is 376 g/mol. The minimum Gasteiger partial charge on any atom is -0.337 e. The van der Waals surface area contributed by atoms with E-state index in [9.17, 15) is 4.79 Å². The van der Waals surface area contributed by atoms with E-state index in [2.05, 4.69) is 21.0 Å². The number of hydrogen-bond acceptors (Lipinski definition) is 5. The molecule has 0 fully saturated rings. The van der Waals surface area contributed by atoms with Crippen LogP contribution in [0.2, 0.25) is 0 Å². The highest BCUT2D eigenvalue weighted by atomic mass is 16.2. The molecule has 0 aliphatic heterocycles. The van der Waals surface area contributed by atoms with E-state index >= 15 is 0 Å². The minimum absolute atomic E-state index is 0.0454. The van der Waals surface area contributed by atoms with Gasteiger partial charge < -0.3 is 9.47 Å². The van der Waals surface area contributed by atoms with Crippen LogP contribution in [0.3, 0.4) is 0 Å². The van der Waals surface area contributed by atoms with Gasteiger partial charge in [0.1, 0.15) is 12.2 Å². The summed E-state index contributed by atoms with van der Waals surface area (Å²) >= 11 is 0. The van der Waals surface area contributed by atoms with Gasteiger partial charge in [-0.1, -0.05) is 11.6 Å². The van der Waals surface area contributed by atoms with E-state index < -0.39 is 0 Å². The lowest BCUT2D eigenvalue weighted by Crippen LogP contribution is -2.31. The van der Waals surface area contributed by atoms with Crippen LogP contribution < -0.4 is 0 Å². The number of pyridine rings is 1. The lowest BCUT2D eigenvalue weighted by molar-refractivity contribution is 0.0749. The number of carbonyl (C=O) groups excluding carboxylic acids is 1. The third-order valence-electron chi connectivity index (χ3n) is 5.26. The third-order valence-corrected chi connectivity index (χ3v) is 5.26. The quantitative estimate of drug-likeness (QED) is 0.510. The predicted octanol–water partition coefficient (Wildman–Crippen LogP) is 3.70. The summed E-state index contributed by atoms with van der Waals surface area (Å²) < 4.78 is 1.93. The summed E-state index contributed by atoms with van der Waals surface area (Å²) in [6.45, 7) is 7.05. The molecule has 0 saturated carbocycles. The summed E-state index contributed by atoms with van der Waals surface area (Å²) in [4.78, 5) is 32.9. The van der Waals surface area contributed by atoms with Crippen LogP contribution in [0.25, 0.3) is 22.2 Å². The summed E-state index contributed by atoms with van der Waals surface area (Å²) in [7, 11) is 1.93. The fraction of sp³-hybridized carbons (Fsp3) is 0.261. The molecule has 4 aromatic rings. The first-order valence-electron chi connectivity index (χ1n) is 9.90. The van der Waals surface area contributed by atoms with Crippen molar-refractivity contribution >= 4 is 16.8 Å². The Bertz CT molecular complexity index is 1220. The number of rotatable bonds is 5. The van der Waals surface area contributed by atoms with E-state index in [1.54, 1.807) is 23.5 Å². The van der Waals surface area contributed by atoms with E-state index in [-0.39, 0.29) is 5.91 Å². The molecule has 7 nitrogen and oxygen atoms in total. The Morgan fingerprint density at radius 2 is 1.90 bits per heavy atom. The zero-order valence-electron chi connectivity index (χ0n) is 17.6. The Morgan fingerprint density at radius 1 is 1.13 bits per heavy atom. The first-order valence-corrected chi connectivity index (χ1v) is 9.90. The van der Waals surface area contributed by atoms with E-state index in [1.807, 2.05) is 50.7 Å². The van der Waals surface area contributed by atoms with Crippen molar-refractivity contribution in [1.29, 1.82) is 0 Å². The Labute approximate surface area is 175 Å². The Morgan fingerprint density at radius 3 is 2.57 bits per heavy atom. The second kappa shape index (κ2) is 8.02. The normalized spacial score (nSPS) is 11.1. The van der Waals surface area contributed by atoms with Gasteiger partial charge in [-0.15, -0.1) is 0 Å². The highest BCUT2D eigenvalue weighted by molar-refractivity contribution is 6.08. The molecule has 30 heavy (non-hydrogen) atoms. The zero-order valence-corrected chi connectivity index (χ0v) is 17.6. The van der Waals surface area contributed by atoms with Crippen molar-refractivity contribution in [3.8, 4) is 11.3 Å². The molecule has 0 unspecified atom stereocenters. The zero-order chi connectivity index (χ0) is 21.3. The maximum absolute atomic E-state index is 13.7. The molecule has 0 radical (unpaired) electrons. The number of fused-ring (bicyclic) bond motifs is 1. The maximum Gasteiger partial charge on any atom is 0.255 e. The second-order valence-corrected chi connectivity index (χ2v) is 7.43. The van der Waals surface area contributed by atoms with Gasteiger partial charge in [0.2, 0.25) is 0 Å². The topological polar surface area (TPSA) is 76.8 Å². The number of aromatic nitrogens is 5. The lowest BCUT2D eigenvalue weighted by Gasteiger charge is -2.22. The van der Waals surface area contributed by atoms with Crippen LogP contribution in [0.1, 0.15) is 34.2 Å². The van der Waals surface area contributed by atoms with Gasteiger partial charge in [0.15, 0.2) is 0 Å². The van der Waals surface area contributed by atoms with Gasteiger partial charge in [-0.3, -0.25) is 4.79 Å². The smallest absolute Gasteiger partial charge is 0.255 e. The Balaban J connectivity index is 1.87. The van der Waals surface area contributed by atoms with Crippen molar-refractivity contribution in [1.82, 2.24) is 29.4 Å². The average Bonchev–Trinajstić information content (AvgIpc) is 3.16. The van der Waals surface area contributed by atoms with Crippen molar-refractivity contribution in [2.24, 2.45) is 7.05 Å².